The summed E-state index contributed by atoms with van der Waals surface area (Å²) in [5.74, 6) is 1.89. The Morgan fingerprint density at radius 2 is 2.15 bits per heavy atom. The Labute approximate surface area is 154 Å². The number of hydrogen-bond donors (Lipinski definition) is 1. The topological polar surface area (TPSA) is 63.1 Å². The van der Waals surface area contributed by atoms with Crippen LogP contribution in [0.1, 0.15) is 50.2 Å². The number of amides is 1. The van der Waals surface area contributed by atoms with Gasteiger partial charge in [0.25, 0.3) is 0 Å². The average Bonchev–Trinajstić information content (AvgIpc) is 3.28. The zero-order valence-corrected chi connectivity index (χ0v) is 15.4. The molecule has 1 fully saturated rings. The van der Waals surface area contributed by atoms with Gasteiger partial charge in [-0.3, -0.25) is 14.7 Å². The Morgan fingerprint density at radius 1 is 1.31 bits per heavy atom. The molecule has 6 heteroatoms. The molecular formula is C20H27N5O. The monoisotopic (exact) mass is 353 g/mol. The van der Waals surface area contributed by atoms with E-state index in [-0.39, 0.29) is 5.91 Å². The Bertz CT molecular complexity index is 751. The highest BCUT2D eigenvalue weighted by molar-refractivity contribution is 5.91. The van der Waals surface area contributed by atoms with Crippen molar-refractivity contribution in [1.82, 2.24) is 19.4 Å². The number of anilines is 1. The standard InChI is InChI=1S/C20H27N5O/c1-15-20-23-18(11-19(26)22-17-7-4-8-21-12-17)14-25(20)10-9-24(15)13-16-5-2-3-6-16/h4,7-8,12,14-16H,2-3,5-6,9-11,13H2,1H3,(H,22,26). The van der Waals surface area contributed by atoms with Gasteiger partial charge in [0.05, 0.1) is 30.0 Å². The summed E-state index contributed by atoms with van der Waals surface area (Å²) >= 11 is 0. The van der Waals surface area contributed by atoms with Gasteiger partial charge in [-0.15, -0.1) is 0 Å². The number of fused-ring (bicyclic) bond motifs is 1. The molecule has 1 aliphatic heterocycles. The zero-order valence-electron chi connectivity index (χ0n) is 15.4. The fourth-order valence-corrected chi connectivity index (χ4v) is 4.26. The number of rotatable bonds is 5. The predicted molar refractivity (Wildman–Crippen MR) is 101 cm³/mol. The summed E-state index contributed by atoms with van der Waals surface area (Å²) in [5, 5.41) is 2.88. The van der Waals surface area contributed by atoms with Crippen LogP contribution in [0.2, 0.25) is 0 Å². The Morgan fingerprint density at radius 3 is 2.92 bits per heavy atom. The summed E-state index contributed by atoms with van der Waals surface area (Å²) in [4.78, 5) is 23.6. The maximum absolute atomic E-state index is 12.3. The van der Waals surface area contributed by atoms with Crippen molar-refractivity contribution in [3.63, 3.8) is 0 Å². The molecule has 3 heterocycles. The van der Waals surface area contributed by atoms with Crippen LogP contribution >= 0.6 is 0 Å². The fraction of sp³-hybridized carbons (Fsp3) is 0.550. The molecule has 6 nitrogen and oxygen atoms in total. The molecule has 1 N–H and O–H groups in total. The molecular weight excluding hydrogens is 326 g/mol. The maximum Gasteiger partial charge on any atom is 0.230 e. The molecule has 2 aromatic heterocycles. The second-order valence-electron chi connectivity index (χ2n) is 7.57. The first kappa shape index (κ1) is 17.2. The van der Waals surface area contributed by atoms with Crippen LogP contribution in [0.3, 0.4) is 0 Å². The van der Waals surface area contributed by atoms with Crippen molar-refractivity contribution >= 4 is 11.6 Å². The summed E-state index contributed by atoms with van der Waals surface area (Å²) in [6, 6.07) is 3.97. The van der Waals surface area contributed by atoms with E-state index in [1.807, 2.05) is 18.3 Å². The Kier molecular flexibility index (Phi) is 5.02. The number of aromatic nitrogens is 3. The van der Waals surface area contributed by atoms with Crippen molar-refractivity contribution in [1.29, 1.82) is 0 Å². The van der Waals surface area contributed by atoms with E-state index in [0.717, 1.165) is 36.2 Å². The largest absolute Gasteiger partial charge is 0.332 e. The molecule has 0 bridgehead atoms. The second kappa shape index (κ2) is 7.58. The number of carbonyl (C=O) groups excluding carboxylic acids is 1. The highest BCUT2D eigenvalue weighted by Gasteiger charge is 2.29. The molecule has 1 aliphatic carbocycles. The van der Waals surface area contributed by atoms with Crippen molar-refractivity contribution in [2.24, 2.45) is 5.92 Å². The van der Waals surface area contributed by atoms with E-state index in [4.69, 9.17) is 4.98 Å². The molecule has 26 heavy (non-hydrogen) atoms. The van der Waals surface area contributed by atoms with Crippen LogP contribution in [0.25, 0.3) is 0 Å². The average molecular weight is 353 g/mol. The van der Waals surface area contributed by atoms with Crippen LogP contribution < -0.4 is 5.32 Å². The Balaban J connectivity index is 1.39. The van der Waals surface area contributed by atoms with E-state index >= 15 is 0 Å². The van der Waals surface area contributed by atoms with Crippen LogP contribution in [0.15, 0.2) is 30.7 Å². The van der Waals surface area contributed by atoms with Gasteiger partial charge in [0, 0.05) is 32.0 Å². The van der Waals surface area contributed by atoms with Crippen molar-refractivity contribution in [2.45, 2.75) is 51.6 Å². The smallest absolute Gasteiger partial charge is 0.230 e. The number of nitrogens with zero attached hydrogens (tertiary/aromatic N) is 4. The van der Waals surface area contributed by atoms with Crippen LogP contribution in [0.5, 0.6) is 0 Å². The van der Waals surface area contributed by atoms with Crippen molar-refractivity contribution in [2.75, 3.05) is 18.4 Å². The van der Waals surface area contributed by atoms with Gasteiger partial charge >= 0.3 is 0 Å². The highest BCUT2D eigenvalue weighted by atomic mass is 16.1. The predicted octanol–water partition coefficient (Wildman–Crippen LogP) is 3.03. The van der Waals surface area contributed by atoms with E-state index in [9.17, 15) is 4.79 Å². The lowest BCUT2D eigenvalue weighted by molar-refractivity contribution is -0.115. The quantitative estimate of drug-likeness (QED) is 0.897. The highest BCUT2D eigenvalue weighted by Crippen LogP contribution is 2.30. The number of nitrogens with one attached hydrogen (secondary N) is 1. The molecule has 0 aromatic carbocycles. The minimum Gasteiger partial charge on any atom is -0.332 e. The van der Waals surface area contributed by atoms with Crippen molar-refractivity contribution < 1.29 is 4.79 Å². The molecule has 1 saturated carbocycles. The lowest BCUT2D eigenvalue weighted by Crippen LogP contribution is -2.39. The van der Waals surface area contributed by atoms with E-state index in [1.54, 1.807) is 12.4 Å². The first-order chi connectivity index (χ1) is 12.7. The summed E-state index contributed by atoms with van der Waals surface area (Å²) in [6.45, 7) is 5.46. The SMILES string of the molecule is CC1c2nc(CC(=O)Nc3cccnc3)cn2CCN1CC1CCCC1. The lowest BCUT2D eigenvalue weighted by atomic mass is 10.1. The molecule has 0 radical (unpaired) electrons. The van der Waals surface area contributed by atoms with Gasteiger partial charge < -0.3 is 9.88 Å². The molecule has 1 unspecified atom stereocenters. The first-order valence-corrected chi connectivity index (χ1v) is 9.69. The lowest BCUT2D eigenvalue weighted by Gasteiger charge is -2.35. The van der Waals surface area contributed by atoms with Gasteiger partial charge in [0.2, 0.25) is 5.91 Å². The number of imidazole rings is 1. The van der Waals surface area contributed by atoms with Crippen LogP contribution in [0.4, 0.5) is 5.69 Å². The van der Waals surface area contributed by atoms with Crippen molar-refractivity contribution in [3.8, 4) is 0 Å². The minimum absolute atomic E-state index is 0.0519. The van der Waals surface area contributed by atoms with Gasteiger partial charge in [0.15, 0.2) is 0 Å². The molecule has 0 saturated heterocycles. The second-order valence-corrected chi connectivity index (χ2v) is 7.57. The third kappa shape index (κ3) is 3.80. The van der Waals surface area contributed by atoms with Crippen LogP contribution in [-0.4, -0.2) is 38.4 Å². The third-order valence-corrected chi connectivity index (χ3v) is 5.66. The number of hydrogen-bond acceptors (Lipinski definition) is 4. The van der Waals surface area contributed by atoms with Crippen molar-refractivity contribution in [3.05, 3.63) is 42.2 Å². The van der Waals surface area contributed by atoms with Gasteiger partial charge in [-0.2, -0.15) is 0 Å². The first-order valence-electron chi connectivity index (χ1n) is 9.69. The molecule has 1 atom stereocenters. The summed E-state index contributed by atoms with van der Waals surface area (Å²) in [6.07, 6.45) is 11.2. The Hall–Kier alpha value is -2.21. The van der Waals surface area contributed by atoms with Gasteiger partial charge in [-0.05, 0) is 37.8 Å². The van der Waals surface area contributed by atoms with E-state index in [0.29, 0.717) is 12.5 Å². The zero-order chi connectivity index (χ0) is 17.9. The minimum atomic E-state index is -0.0519. The van der Waals surface area contributed by atoms with E-state index in [1.165, 1.54) is 32.2 Å². The van der Waals surface area contributed by atoms with Crippen LogP contribution in [0, 0.1) is 5.92 Å². The molecule has 2 aromatic rings. The molecule has 1 amide bonds. The van der Waals surface area contributed by atoms with Crippen LogP contribution in [-0.2, 0) is 17.8 Å². The normalized spacial score (nSPS) is 20.9. The van der Waals surface area contributed by atoms with E-state index < -0.39 is 0 Å². The molecule has 2 aliphatic rings. The molecule has 138 valence electrons. The summed E-state index contributed by atoms with van der Waals surface area (Å²) in [7, 11) is 0. The number of carbonyl (C=O) groups is 1. The number of pyridine rings is 1. The van der Waals surface area contributed by atoms with Gasteiger partial charge in [-0.1, -0.05) is 12.8 Å². The maximum atomic E-state index is 12.3. The van der Waals surface area contributed by atoms with Gasteiger partial charge in [-0.25, -0.2) is 4.98 Å². The summed E-state index contributed by atoms with van der Waals surface area (Å²) in [5.41, 5.74) is 1.56. The molecule has 0 spiro atoms. The molecule has 4 rings (SSSR count). The van der Waals surface area contributed by atoms with Gasteiger partial charge in [0.1, 0.15) is 5.82 Å². The fourth-order valence-electron chi connectivity index (χ4n) is 4.26. The third-order valence-electron chi connectivity index (χ3n) is 5.66. The van der Waals surface area contributed by atoms with E-state index in [2.05, 4.69) is 26.7 Å². The summed E-state index contributed by atoms with van der Waals surface area (Å²) < 4.78 is 2.22.